The lowest BCUT2D eigenvalue weighted by Gasteiger charge is -2.46. The predicted molar refractivity (Wildman–Crippen MR) is 204 cm³/mol. The molecule has 0 spiro atoms. The van der Waals surface area contributed by atoms with Gasteiger partial charge in [0.2, 0.25) is 0 Å². The highest BCUT2D eigenvalue weighted by atomic mass is 35.5. The Morgan fingerprint density at radius 3 is 2.05 bits per heavy atom. The number of benzene rings is 2. The van der Waals surface area contributed by atoms with Crippen LogP contribution in [0.3, 0.4) is 0 Å². The Hall–Kier alpha value is -3.96. The van der Waals surface area contributed by atoms with Gasteiger partial charge in [0.25, 0.3) is 5.79 Å². The number of hydrogen-bond donors (Lipinski definition) is 1. The van der Waals surface area contributed by atoms with Crippen molar-refractivity contribution < 1.29 is 75.3 Å². The van der Waals surface area contributed by atoms with Crippen LogP contribution < -0.4 is 5.32 Å². The number of methoxy groups -OCH3 is 1. The molecule has 2 fully saturated rings. The van der Waals surface area contributed by atoms with Gasteiger partial charge in [0.05, 0.1) is 32.8 Å². The number of hydrogen-bond acceptors (Lipinski definition) is 16. The molecule has 58 heavy (non-hydrogen) atoms. The molecule has 0 bridgehead atoms. The fourth-order valence-electron chi connectivity index (χ4n) is 6.83. The zero-order valence-electron chi connectivity index (χ0n) is 32.1. The summed E-state index contributed by atoms with van der Waals surface area (Å²) in [4.78, 5) is 65.3. The molecule has 5 rings (SSSR count). The first-order valence-corrected chi connectivity index (χ1v) is 21.3. The molecule has 0 aromatic heterocycles. The molecule has 0 saturated carbocycles. The lowest BCUT2D eigenvalue weighted by molar-refractivity contribution is -0.286. The Balaban J connectivity index is 1.44. The molecular formula is C38H46Cl2NO16P. The number of unbranched alkanes of at least 4 members (excludes halogenated alkanes) is 2. The van der Waals surface area contributed by atoms with E-state index in [0.717, 1.165) is 29.4 Å². The van der Waals surface area contributed by atoms with Crippen LogP contribution in [0.4, 0.5) is 9.59 Å². The van der Waals surface area contributed by atoms with Crippen LogP contribution in [0.2, 0.25) is 0 Å². The van der Waals surface area contributed by atoms with E-state index in [4.69, 9.17) is 69.9 Å². The highest BCUT2D eigenvalue weighted by molar-refractivity contribution is 7.48. The van der Waals surface area contributed by atoms with Gasteiger partial charge in [-0.05, 0) is 35.1 Å². The van der Waals surface area contributed by atoms with Crippen molar-refractivity contribution in [3.63, 3.8) is 0 Å². The average Bonchev–Trinajstić information content (AvgIpc) is 3.76. The maximum atomic E-state index is 14.2. The fourth-order valence-corrected chi connectivity index (χ4v) is 8.39. The third kappa shape index (κ3) is 10.8. The summed E-state index contributed by atoms with van der Waals surface area (Å²) >= 11 is 11.6. The summed E-state index contributed by atoms with van der Waals surface area (Å²) in [6.45, 7) is 2.59. The third-order valence-electron chi connectivity index (χ3n) is 9.50. The molecule has 0 unspecified atom stereocenters. The minimum Gasteiger partial charge on any atom is -0.465 e. The molecule has 6 atom stereocenters. The number of alkyl carbamates (subject to hydrolysis) is 1. The molecule has 20 heteroatoms. The van der Waals surface area contributed by atoms with E-state index < -0.39 is 99.0 Å². The summed E-state index contributed by atoms with van der Waals surface area (Å²) in [5, 5.41) is 2.53. The molecule has 1 amide bonds. The molecule has 17 nitrogen and oxygen atoms in total. The van der Waals surface area contributed by atoms with E-state index >= 15 is 0 Å². The van der Waals surface area contributed by atoms with E-state index in [9.17, 15) is 28.5 Å². The van der Waals surface area contributed by atoms with Crippen LogP contribution in [0.25, 0.3) is 11.1 Å². The van der Waals surface area contributed by atoms with Gasteiger partial charge in [0, 0.05) is 5.92 Å². The molecule has 2 aromatic carbocycles. The van der Waals surface area contributed by atoms with Crippen LogP contribution in [0, 0.1) is 0 Å². The number of amides is 1. The normalized spacial score (nSPS) is 21.9. The summed E-state index contributed by atoms with van der Waals surface area (Å²) in [6.07, 6.45) is -7.27. The summed E-state index contributed by atoms with van der Waals surface area (Å²) < 4.78 is 70.1. The van der Waals surface area contributed by atoms with Crippen molar-refractivity contribution in [2.45, 2.75) is 88.1 Å². The number of carbonyl (C=O) groups is 5. The van der Waals surface area contributed by atoms with Crippen molar-refractivity contribution in [1.82, 2.24) is 5.32 Å². The van der Waals surface area contributed by atoms with Gasteiger partial charge in [-0.1, -0.05) is 75.2 Å². The minimum atomic E-state index is -4.66. The number of halogens is 2. The van der Waals surface area contributed by atoms with Gasteiger partial charge in [0.1, 0.15) is 37.2 Å². The Kier molecular flexibility index (Phi) is 16.2. The number of nitrogens with one attached hydrogen (secondary N) is 1. The number of phosphoric acid groups is 1. The Morgan fingerprint density at radius 2 is 1.48 bits per heavy atom. The summed E-state index contributed by atoms with van der Waals surface area (Å²) in [5.74, 6) is -7.85. The number of ether oxygens (including phenoxy) is 7. The van der Waals surface area contributed by atoms with Gasteiger partial charge in [-0.3, -0.25) is 18.6 Å². The molecule has 3 aliphatic rings. The number of carbonyl (C=O) groups excluding carboxylic acids is 5. The van der Waals surface area contributed by atoms with Gasteiger partial charge in [-0.15, -0.1) is 23.2 Å². The highest BCUT2D eigenvalue weighted by Crippen LogP contribution is 2.56. The molecular weight excluding hydrogens is 828 g/mol. The first-order valence-electron chi connectivity index (χ1n) is 18.7. The van der Waals surface area contributed by atoms with Crippen LogP contribution in [0.1, 0.15) is 63.0 Å². The van der Waals surface area contributed by atoms with E-state index in [1.165, 1.54) is 0 Å². The number of esters is 3. The topological polar surface area (TPSA) is 207 Å². The van der Waals surface area contributed by atoms with Gasteiger partial charge in [0.15, 0.2) is 12.2 Å². The summed E-state index contributed by atoms with van der Waals surface area (Å²) in [7, 11) is -3.66. The van der Waals surface area contributed by atoms with Gasteiger partial charge < -0.3 is 38.5 Å². The lowest BCUT2D eigenvalue weighted by atomic mass is 9.89. The zero-order valence-corrected chi connectivity index (χ0v) is 34.5. The smallest absolute Gasteiger partial charge is 0.465 e. The summed E-state index contributed by atoms with van der Waals surface area (Å²) in [5.41, 5.74) is 3.87. The van der Waals surface area contributed by atoms with Gasteiger partial charge in [-0.2, -0.15) is 0 Å². The number of rotatable bonds is 21. The quantitative estimate of drug-likeness (QED) is 0.0491. The zero-order chi connectivity index (χ0) is 41.9. The molecule has 2 saturated heterocycles. The number of fused-ring (bicyclic) bond motifs is 4. The van der Waals surface area contributed by atoms with Crippen LogP contribution in [0.5, 0.6) is 0 Å². The molecule has 318 valence electrons. The highest BCUT2D eigenvalue weighted by Gasteiger charge is 2.63. The van der Waals surface area contributed by atoms with E-state index in [1.807, 2.05) is 62.4 Å². The first-order chi connectivity index (χ1) is 27.9. The number of phosphoric ester groups is 1. The van der Waals surface area contributed by atoms with E-state index in [-0.39, 0.29) is 25.7 Å². The fraction of sp³-hybridized carbons (Fsp3) is 0.553. The monoisotopic (exact) mass is 873 g/mol. The van der Waals surface area contributed by atoms with Crippen LogP contribution in [-0.4, -0.2) is 112 Å². The lowest BCUT2D eigenvalue weighted by Crippen LogP contribution is -2.66. The standard InChI is InChI=1S/C38H46Cl2NO16P/c1-4-6-16-51-58(47,52-17-7-5-2)57-38(35(44)48-3)18-28-32(41-36(45)54-28)34(56-38)33(55-31(43)20-40)29(53-30(42)19-39)22-50-37(46)49-21-27-25-14-10-8-12-23(25)24-13-9-11-15-26(24)27/h8-15,27-29,32-34H,4-7,16-22H2,1-3H3,(H,41,45)/t28-,29+,32+,33+,34+,38-/m0/s1. The average molecular weight is 875 g/mol. The largest absolute Gasteiger partial charge is 0.508 e. The van der Waals surface area contributed by atoms with Crippen molar-refractivity contribution >= 4 is 61.2 Å². The van der Waals surface area contributed by atoms with Crippen molar-refractivity contribution in [3.05, 3.63) is 59.7 Å². The van der Waals surface area contributed by atoms with Crippen molar-refractivity contribution in [2.24, 2.45) is 0 Å². The van der Waals surface area contributed by atoms with E-state index in [0.29, 0.717) is 25.7 Å². The Bertz CT molecular complexity index is 1770. The first kappa shape index (κ1) is 45.1. The van der Waals surface area contributed by atoms with E-state index in [2.05, 4.69) is 5.32 Å². The number of alkyl halides is 2. The second kappa shape index (κ2) is 20.8. The molecule has 2 aliphatic heterocycles. The minimum absolute atomic E-state index is 0.0944. The Morgan fingerprint density at radius 1 is 0.897 bits per heavy atom. The van der Waals surface area contributed by atoms with Crippen LogP contribution >= 0.6 is 31.0 Å². The van der Waals surface area contributed by atoms with Crippen molar-refractivity contribution in [2.75, 3.05) is 45.3 Å². The summed E-state index contributed by atoms with van der Waals surface area (Å²) in [6, 6.07) is 14.1. The van der Waals surface area contributed by atoms with Crippen LogP contribution in [-0.2, 0) is 65.7 Å². The molecule has 0 radical (unpaired) electrons. The maximum Gasteiger partial charge on any atom is 0.508 e. The SMILES string of the molecule is CCCCOP(=O)(OCCCC)O[C@]1(C(=O)OC)C[C@@H]2OC(=O)N[C@H]2[C@H]([C@H](OC(=O)CCl)[C@@H](COC(=O)OCC2c3ccccc3-c3ccccc32)OC(=O)CCl)O1. The molecule has 1 N–H and O–H groups in total. The van der Waals surface area contributed by atoms with E-state index in [1.54, 1.807) is 0 Å². The maximum absolute atomic E-state index is 14.2. The van der Waals surface area contributed by atoms with Crippen molar-refractivity contribution in [1.29, 1.82) is 0 Å². The van der Waals surface area contributed by atoms with Crippen molar-refractivity contribution in [3.8, 4) is 11.1 Å². The van der Waals surface area contributed by atoms with Gasteiger partial charge >= 0.3 is 38.0 Å². The molecule has 1 aliphatic carbocycles. The second-order valence-electron chi connectivity index (χ2n) is 13.4. The predicted octanol–water partition coefficient (Wildman–Crippen LogP) is 6.15. The molecule has 2 heterocycles. The second-order valence-corrected chi connectivity index (χ2v) is 15.5. The third-order valence-corrected chi connectivity index (χ3v) is 11.5. The van der Waals surface area contributed by atoms with Crippen LogP contribution in [0.15, 0.2) is 48.5 Å². The molecule has 2 aromatic rings. The Labute approximate surface area is 345 Å². The van der Waals surface area contributed by atoms with Gasteiger partial charge in [-0.25, -0.2) is 23.5 Å².